The molecule has 0 bridgehead atoms. The summed E-state index contributed by atoms with van der Waals surface area (Å²) in [5, 5.41) is 0. The van der Waals surface area contributed by atoms with Gasteiger partial charge in [0.05, 0.1) is 0 Å². The van der Waals surface area contributed by atoms with Crippen molar-refractivity contribution in [2.24, 2.45) is 5.41 Å². The van der Waals surface area contributed by atoms with E-state index >= 15 is 0 Å². The van der Waals surface area contributed by atoms with Crippen molar-refractivity contribution in [3.8, 4) is 0 Å². The molecule has 0 aliphatic rings. The predicted octanol–water partition coefficient (Wildman–Crippen LogP) is 14.5. The van der Waals surface area contributed by atoms with Crippen LogP contribution in [-0.2, 0) is 0 Å². The van der Waals surface area contributed by atoms with Gasteiger partial charge >= 0.3 is 0 Å². The Morgan fingerprint density at radius 2 is 0.405 bits per heavy atom. The first-order valence-corrected chi connectivity index (χ1v) is 18.1. The summed E-state index contributed by atoms with van der Waals surface area (Å²) in [4.78, 5) is 0. The fourth-order valence-corrected chi connectivity index (χ4v) is 6.07. The van der Waals surface area contributed by atoms with Crippen molar-refractivity contribution < 1.29 is 0 Å². The number of rotatable bonds is 32. The van der Waals surface area contributed by atoms with Gasteiger partial charge in [0.1, 0.15) is 0 Å². The Morgan fingerprint density at radius 3 is 0.595 bits per heavy atom. The number of unbranched alkanes of at least 4 members (excludes halogenated alkanes) is 28. The van der Waals surface area contributed by atoms with Crippen molar-refractivity contribution in [2.75, 3.05) is 0 Å². The molecule has 0 aromatic rings. The van der Waals surface area contributed by atoms with Crippen LogP contribution in [0.3, 0.4) is 0 Å². The molecular weight excluding hydrogens is 444 g/mol. The molecule has 0 radical (unpaired) electrons. The third-order valence-electron chi connectivity index (χ3n) is 8.91. The first-order valence-electron chi connectivity index (χ1n) is 18.1. The lowest BCUT2D eigenvalue weighted by Gasteiger charge is -2.24. The summed E-state index contributed by atoms with van der Waals surface area (Å²) >= 11 is 0. The van der Waals surface area contributed by atoms with Gasteiger partial charge in [-0.3, -0.25) is 0 Å². The number of hydrogen-bond donors (Lipinski definition) is 0. The topological polar surface area (TPSA) is 0 Å². The molecule has 0 aliphatic heterocycles. The van der Waals surface area contributed by atoms with Crippen molar-refractivity contribution in [3.63, 3.8) is 0 Å². The highest BCUT2D eigenvalue weighted by Crippen LogP contribution is 2.30. The summed E-state index contributed by atoms with van der Waals surface area (Å²) in [6.45, 7) is 9.67. The molecule has 0 spiro atoms. The fourth-order valence-electron chi connectivity index (χ4n) is 6.07. The highest BCUT2D eigenvalue weighted by Gasteiger charge is 2.16. The molecule has 0 rings (SSSR count). The van der Waals surface area contributed by atoms with E-state index in [1.54, 1.807) is 0 Å². The van der Waals surface area contributed by atoms with Gasteiger partial charge in [-0.05, 0) is 18.3 Å². The molecule has 0 heteroatoms. The second-order valence-corrected chi connectivity index (χ2v) is 13.6. The van der Waals surface area contributed by atoms with Crippen molar-refractivity contribution in [2.45, 2.75) is 233 Å². The van der Waals surface area contributed by atoms with E-state index in [-0.39, 0.29) is 0 Å². The van der Waals surface area contributed by atoms with Crippen LogP contribution in [0, 0.1) is 5.41 Å². The largest absolute Gasteiger partial charge is 0.0654 e. The van der Waals surface area contributed by atoms with Crippen LogP contribution in [0.1, 0.15) is 233 Å². The van der Waals surface area contributed by atoms with Crippen LogP contribution >= 0.6 is 0 Å². The van der Waals surface area contributed by atoms with E-state index in [0.717, 1.165) is 0 Å². The molecule has 0 unspecified atom stereocenters. The van der Waals surface area contributed by atoms with Gasteiger partial charge in [-0.2, -0.15) is 0 Å². The Balaban J connectivity index is 3.27. The summed E-state index contributed by atoms with van der Waals surface area (Å²) < 4.78 is 0. The minimum absolute atomic E-state index is 0.577. The van der Waals surface area contributed by atoms with Gasteiger partial charge in [0.15, 0.2) is 0 Å². The molecule has 37 heavy (non-hydrogen) atoms. The first-order chi connectivity index (χ1) is 18.1. The lowest BCUT2D eigenvalue weighted by molar-refractivity contribution is 0.282. The molecule has 0 aromatic heterocycles. The second-order valence-electron chi connectivity index (χ2n) is 13.6. The SMILES string of the molecule is CCCCCCCCCCCCCCCCCCC(C)(C)CCCCCCCCCCCCCCCC. The maximum Gasteiger partial charge on any atom is -0.0354 e. The Morgan fingerprint density at radius 1 is 0.243 bits per heavy atom. The molecular formula is C37H76. The monoisotopic (exact) mass is 521 g/mol. The van der Waals surface area contributed by atoms with Crippen LogP contribution in [0.15, 0.2) is 0 Å². The van der Waals surface area contributed by atoms with E-state index in [1.165, 1.54) is 205 Å². The van der Waals surface area contributed by atoms with Gasteiger partial charge in [-0.1, -0.05) is 220 Å². The van der Waals surface area contributed by atoms with Crippen LogP contribution in [0.5, 0.6) is 0 Å². The van der Waals surface area contributed by atoms with Crippen molar-refractivity contribution in [1.29, 1.82) is 0 Å². The van der Waals surface area contributed by atoms with E-state index < -0.39 is 0 Å². The van der Waals surface area contributed by atoms with Crippen LogP contribution < -0.4 is 0 Å². The van der Waals surface area contributed by atoms with Crippen LogP contribution in [0.25, 0.3) is 0 Å². The zero-order valence-corrected chi connectivity index (χ0v) is 27.1. The average Bonchev–Trinajstić information content (AvgIpc) is 2.88. The van der Waals surface area contributed by atoms with Crippen molar-refractivity contribution in [3.05, 3.63) is 0 Å². The van der Waals surface area contributed by atoms with Gasteiger partial charge in [-0.15, -0.1) is 0 Å². The standard InChI is InChI=1S/C37H76/c1-5-7-9-11-13-15-17-19-21-22-24-26-28-30-32-34-36-37(3,4)35-33-31-29-27-25-23-20-18-16-14-12-10-8-6-2/h5-36H2,1-4H3. The molecule has 0 amide bonds. The quantitative estimate of drug-likeness (QED) is 0.0773. The first kappa shape index (κ1) is 37.0. The minimum atomic E-state index is 0.577. The van der Waals surface area contributed by atoms with E-state index in [0.29, 0.717) is 5.41 Å². The molecule has 0 aromatic carbocycles. The van der Waals surface area contributed by atoms with Gasteiger partial charge in [0.25, 0.3) is 0 Å². The molecule has 0 nitrogen and oxygen atoms in total. The molecule has 0 saturated carbocycles. The maximum absolute atomic E-state index is 2.53. The zero-order valence-electron chi connectivity index (χ0n) is 27.1. The smallest absolute Gasteiger partial charge is 0.0354 e. The normalized spacial score (nSPS) is 12.0. The van der Waals surface area contributed by atoms with Crippen LogP contribution in [0.4, 0.5) is 0 Å². The molecule has 0 atom stereocenters. The Bertz CT molecular complexity index is 395. The Kier molecular flexibility index (Phi) is 30.5. The van der Waals surface area contributed by atoms with Crippen LogP contribution in [-0.4, -0.2) is 0 Å². The van der Waals surface area contributed by atoms with E-state index in [9.17, 15) is 0 Å². The van der Waals surface area contributed by atoms with E-state index in [4.69, 9.17) is 0 Å². The summed E-state index contributed by atoms with van der Waals surface area (Å²) in [7, 11) is 0. The van der Waals surface area contributed by atoms with Gasteiger partial charge < -0.3 is 0 Å². The minimum Gasteiger partial charge on any atom is -0.0654 e. The molecule has 0 aliphatic carbocycles. The van der Waals surface area contributed by atoms with E-state index in [1.807, 2.05) is 0 Å². The highest BCUT2D eigenvalue weighted by molar-refractivity contribution is 4.69. The molecule has 0 heterocycles. The lowest BCUT2D eigenvalue weighted by Crippen LogP contribution is -2.11. The molecule has 0 saturated heterocycles. The summed E-state index contributed by atoms with van der Waals surface area (Å²) in [5.74, 6) is 0. The fraction of sp³-hybridized carbons (Fsp3) is 1.00. The maximum atomic E-state index is 2.53. The van der Waals surface area contributed by atoms with Gasteiger partial charge in [0.2, 0.25) is 0 Å². The number of hydrogen-bond acceptors (Lipinski definition) is 0. The third kappa shape index (κ3) is 32.1. The summed E-state index contributed by atoms with van der Waals surface area (Å²) in [6, 6.07) is 0. The Hall–Kier alpha value is 0. The average molecular weight is 521 g/mol. The summed E-state index contributed by atoms with van der Waals surface area (Å²) in [5.41, 5.74) is 0.577. The predicted molar refractivity (Wildman–Crippen MR) is 173 cm³/mol. The molecule has 224 valence electrons. The second kappa shape index (κ2) is 30.5. The Labute approximate surface area is 238 Å². The summed E-state index contributed by atoms with van der Waals surface area (Å²) in [6.07, 6.45) is 47.0. The van der Waals surface area contributed by atoms with Gasteiger partial charge in [0, 0.05) is 0 Å². The zero-order chi connectivity index (χ0) is 27.1. The van der Waals surface area contributed by atoms with Crippen molar-refractivity contribution in [1.82, 2.24) is 0 Å². The van der Waals surface area contributed by atoms with Crippen molar-refractivity contribution >= 4 is 0 Å². The lowest BCUT2D eigenvalue weighted by atomic mass is 9.81. The van der Waals surface area contributed by atoms with Gasteiger partial charge in [-0.25, -0.2) is 0 Å². The third-order valence-corrected chi connectivity index (χ3v) is 8.91. The van der Waals surface area contributed by atoms with Crippen LogP contribution in [0.2, 0.25) is 0 Å². The van der Waals surface area contributed by atoms with E-state index in [2.05, 4.69) is 27.7 Å². The molecule has 0 N–H and O–H groups in total. The highest BCUT2D eigenvalue weighted by atomic mass is 14.2. The molecule has 0 fully saturated rings.